The third-order valence-corrected chi connectivity index (χ3v) is 5.91. The van der Waals surface area contributed by atoms with Crippen LogP contribution in [0.1, 0.15) is 61.0 Å². The summed E-state index contributed by atoms with van der Waals surface area (Å²) >= 11 is 0. The van der Waals surface area contributed by atoms with E-state index in [4.69, 9.17) is 9.47 Å². The fraction of sp³-hybridized carbons (Fsp3) is 0.481. The predicted octanol–water partition coefficient (Wildman–Crippen LogP) is 4.53. The lowest BCUT2D eigenvalue weighted by atomic mass is 10.1. The van der Waals surface area contributed by atoms with E-state index in [1.807, 2.05) is 32.0 Å². The van der Waals surface area contributed by atoms with Gasteiger partial charge in [-0.1, -0.05) is 31.0 Å². The Morgan fingerprint density at radius 2 is 1.94 bits per heavy atom. The first-order chi connectivity index (χ1) is 16.3. The molecule has 1 saturated carbocycles. The summed E-state index contributed by atoms with van der Waals surface area (Å²) in [6, 6.07) is 9.29. The standard InChI is InChI=1S/C15H21NO3.C12H12O3/c1-3-4-14(11(2)17)19-13-7-8-15(16-9-13)18-10-12-5-6-12;1-7-3-4-8-6-10(12(14)15-2)11(13)9(8)5-7/h7-9,12,14H,3-6,10H2,1-2H3;3-5,10H,6H2,1-2H3/t14-;/m1./s1. The van der Waals surface area contributed by atoms with Crippen LogP contribution in [0.25, 0.3) is 0 Å². The fourth-order valence-electron chi connectivity index (χ4n) is 3.71. The summed E-state index contributed by atoms with van der Waals surface area (Å²) in [5.74, 6) is 0.822. The number of fused-ring (bicyclic) bond motifs is 1. The van der Waals surface area contributed by atoms with Crippen LogP contribution in [0.15, 0.2) is 36.5 Å². The Balaban J connectivity index is 0.000000196. The number of carbonyl (C=O) groups is 3. The van der Waals surface area contributed by atoms with Gasteiger partial charge in [0.15, 0.2) is 17.7 Å². The van der Waals surface area contributed by atoms with E-state index < -0.39 is 11.9 Å². The molecule has 182 valence electrons. The third-order valence-electron chi connectivity index (χ3n) is 5.91. The van der Waals surface area contributed by atoms with Crippen LogP contribution >= 0.6 is 0 Å². The number of benzene rings is 1. The lowest BCUT2D eigenvalue weighted by molar-refractivity contribution is -0.143. The number of aryl methyl sites for hydroxylation is 1. The molecule has 4 rings (SSSR count). The van der Waals surface area contributed by atoms with Crippen molar-refractivity contribution < 1.29 is 28.6 Å². The summed E-state index contributed by atoms with van der Waals surface area (Å²) in [4.78, 5) is 38.8. The normalized spacial score (nSPS) is 17.2. The van der Waals surface area contributed by atoms with Crippen LogP contribution in [0.2, 0.25) is 0 Å². The molecule has 1 aromatic carbocycles. The number of hydrogen-bond donors (Lipinski definition) is 0. The first-order valence-corrected chi connectivity index (χ1v) is 11.8. The van der Waals surface area contributed by atoms with E-state index in [1.165, 1.54) is 20.0 Å². The molecule has 0 spiro atoms. The lowest BCUT2D eigenvalue weighted by Crippen LogP contribution is -2.24. The van der Waals surface area contributed by atoms with Crippen molar-refractivity contribution in [1.82, 2.24) is 4.98 Å². The Morgan fingerprint density at radius 1 is 1.18 bits per heavy atom. The summed E-state index contributed by atoms with van der Waals surface area (Å²) in [5, 5.41) is 0. The first-order valence-electron chi connectivity index (χ1n) is 11.8. The molecule has 34 heavy (non-hydrogen) atoms. The molecule has 7 heteroatoms. The van der Waals surface area contributed by atoms with Crippen molar-refractivity contribution in [2.75, 3.05) is 13.7 Å². The number of ether oxygens (including phenoxy) is 3. The minimum Gasteiger partial charge on any atom is -0.481 e. The van der Waals surface area contributed by atoms with Crippen molar-refractivity contribution in [3.63, 3.8) is 0 Å². The molecule has 0 bridgehead atoms. The quantitative estimate of drug-likeness (QED) is 0.395. The zero-order valence-electron chi connectivity index (χ0n) is 20.3. The van der Waals surface area contributed by atoms with Crippen molar-refractivity contribution in [3.05, 3.63) is 53.2 Å². The highest BCUT2D eigenvalue weighted by Crippen LogP contribution is 2.30. The molecule has 2 aromatic rings. The topological polar surface area (TPSA) is 91.8 Å². The number of methoxy groups -OCH3 is 1. The van der Waals surface area contributed by atoms with E-state index in [9.17, 15) is 14.4 Å². The Kier molecular flexibility index (Phi) is 8.79. The maximum Gasteiger partial charge on any atom is 0.316 e. The number of nitrogens with zero attached hydrogens (tertiary/aromatic N) is 1. The largest absolute Gasteiger partial charge is 0.481 e. The monoisotopic (exact) mass is 467 g/mol. The highest BCUT2D eigenvalue weighted by atomic mass is 16.5. The van der Waals surface area contributed by atoms with Crippen LogP contribution in [0.3, 0.4) is 0 Å². The summed E-state index contributed by atoms with van der Waals surface area (Å²) in [5.41, 5.74) is 2.65. The van der Waals surface area contributed by atoms with Gasteiger partial charge in [-0.25, -0.2) is 4.98 Å². The molecule has 0 aliphatic heterocycles. The number of ketones is 2. The molecule has 2 aliphatic carbocycles. The van der Waals surface area contributed by atoms with E-state index >= 15 is 0 Å². The molecule has 1 fully saturated rings. The molecule has 1 aromatic heterocycles. The van der Waals surface area contributed by atoms with Crippen LogP contribution in [0.5, 0.6) is 11.6 Å². The van der Waals surface area contributed by atoms with Gasteiger partial charge in [0.1, 0.15) is 11.7 Å². The second-order valence-corrected chi connectivity index (χ2v) is 8.90. The van der Waals surface area contributed by atoms with E-state index in [0.29, 0.717) is 29.5 Å². The average molecular weight is 468 g/mol. The maximum absolute atomic E-state index is 11.8. The molecular formula is C27H33NO6. The summed E-state index contributed by atoms with van der Waals surface area (Å²) < 4.78 is 15.8. The van der Waals surface area contributed by atoms with Crippen LogP contribution in [0.4, 0.5) is 0 Å². The number of rotatable bonds is 9. The Morgan fingerprint density at radius 3 is 2.53 bits per heavy atom. The predicted molar refractivity (Wildman–Crippen MR) is 127 cm³/mol. The number of carbonyl (C=O) groups excluding carboxylic acids is 3. The minimum atomic E-state index is -0.633. The second kappa shape index (κ2) is 11.8. The Labute approximate surface area is 200 Å². The smallest absolute Gasteiger partial charge is 0.316 e. The fourth-order valence-corrected chi connectivity index (χ4v) is 3.71. The van der Waals surface area contributed by atoms with E-state index in [0.717, 1.165) is 30.6 Å². The number of esters is 1. The zero-order chi connectivity index (χ0) is 24.7. The molecule has 2 atom stereocenters. The van der Waals surface area contributed by atoms with Gasteiger partial charge in [-0.05, 0) is 63.1 Å². The van der Waals surface area contributed by atoms with Gasteiger partial charge in [0.2, 0.25) is 5.88 Å². The highest BCUT2D eigenvalue weighted by Gasteiger charge is 2.36. The van der Waals surface area contributed by atoms with Gasteiger partial charge < -0.3 is 14.2 Å². The molecule has 1 unspecified atom stereocenters. The maximum atomic E-state index is 11.8. The summed E-state index contributed by atoms with van der Waals surface area (Å²) in [6.45, 7) is 6.27. The van der Waals surface area contributed by atoms with Gasteiger partial charge in [0.25, 0.3) is 0 Å². The van der Waals surface area contributed by atoms with Gasteiger partial charge >= 0.3 is 5.97 Å². The first kappa shape index (κ1) is 25.4. The van der Waals surface area contributed by atoms with Crippen molar-refractivity contribution in [2.45, 2.75) is 59.0 Å². The lowest BCUT2D eigenvalue weighted by Gasteiger charge is -2.15. The van der Waals surface area contributed by atoms with Crippen molar-refractivity contribution in [1.29, 1.82) is 0 Å². The molecule has 7 nitrogen and oxygen atoms in total. The molecular weight excluding hydrogens is 434 g/mol. The number of hydrogen-bond acceptors (Lipinski definition) is 7. The van der Waals surface area contributed by atoms with Gasteiger partial charge in [0, 0.05) is 11.6 Å². The van der Waals surface area contributed by atoms with E-state index in [1.54, 1.807) is 25.3 Å². The van der Waals surface area contributed by atoms with Crippen LogP contribution in [-0.2, 0) is 20.7 Å². The van der Waals surface area contributed by atoms with Gasteiger partial charge in [-0.2, -0.15) is 0 Å². The summed E-state index contributed by atoms with van der Waals surface area (Å²) in [7, 11) is 1.31. The molecule has 1 heterocycles. The van der Waals surface area contributed by atoms with Crippen molar-refractivity contribution in [2.24, 2.45) is 11.8 Å². The van der Waals surface area contributed by atoms with Crippen LogP contribution in [-0.4, -0.2) is 42.3 Å². The molecule has 0 N–H and O–H groups in total. The van der Waals surface area contributed by atoms with Crippen LogP contribution in [0, 0.1) is 18.8 Å². The second-order valence-electron chi connectivity index (χ2n) is 8.90. The van der Waals surface area contributed by atoms with E-state index in [-0.39, 0.29) is 17.7 Å². The van der Waals surface area contributed by atoms with Gasteiger partial charge in [-0.3, -0.25) is 14.4 Å². The van der Waals surface area contributed by atoms with Crippen molar-refractivity contribution >= 4 is 17.5 Å². The van der Waals surface area contributed by atoms with Crippen LogP contribution < -0.4 is 9.47 Å². The SMILES string of the molecule is CCC[C@@H](Oc1ccc(OCC2CC2)nc1)C(C)=O.COC(=O)C1Cc2ccc(C)cc2C1=O. The van der Waals surface area contributed by atoms with E-state index in [2.05, 4.69) is 9.72 Å². The molecule has 0 saturated heterocycles. The minimum absolute atomic E-state index is 0.0518. The Hall–Kier alpha value is -3.22. The number of pyridine rings is 1. The average Bonchev–Trinajstić information content (AvgIpc) is 3.61. The zero-order valence-corrected chi connectivity index (χ0v) is 20.3. The molecule has 2 aliphatic rings. The molecule has 0 radical (unpaired) electrons. The third kappa shape index (κ3) is 6.89. The Bertz CT molecular complexity index is 1010. The van der Waals surface area contributed by atoms with Gasteiger partial charge in [-0.15, -0.1) is 0 Å². The molecule has 0 amide bonds. The van der Waals surface area contributed by atoms with Crippen molar-refractivity contribution in [3.8, 4) is 11.6 Å². The highest BCUT2D eigenvalue weighted by molar-refractivity contribution is 6.12. The number of aromatic nitrogens is 1. The summed E-state index contributed by atoms with van der Waals surface area (Å²) in [6.07, 6.45) is 5.90. The van der Waals surface area contributed by atoms with Gasteiger partial charge in [0.05, 0.1) is 19.9 Å². The number of Topliss-reactive ketones (excluding diaryl/α,β-unsaturated/α-hetero) is 2.